The Morgan fingerprint density at radius 3 is 2.79 bits per heavy atom. The van der Waals surface area contributed by atoms with Crippen molar-refractivity contribution in [1.82, 2.24) is 19.8 Å². The van der Waals surface area contributed by atoms with E-state index in [0.717, 1.165) is 43.0 Å². The minimum Gasteiger partial charge on any atom is -0.330 e. The SMILES string of the molecule is CCCC(CCN)CCc1nnc2ccc(C)nn12. The molecule has 5 heteroatoms. The topological polar surface area (TPSA) is 69.1 Å². The van der Waals surface area contributed by atoms with Crippen molar-refractivity contribution in [2.45, 2.75) is 46.0 Å². The van der Waals surface area contributed by atoms with Crippen LogP contribution in [0, 0.1) is 12.8 Å². The van der Waals surface area contributed by atoms with Gasteiger partial charge in [0, 0.05) is 6.42 Å². The van der Waals surface area contributed by atoms with E-state index in [-0.39, 0.29) is 0 Å². The zero-order chi connectivity index (χ0) is 13.7. The molecule has 2 aromatic heterocycles. The van der Waals surface area contributed by atoms with E-state index in [1.807, 2.05) is 23.6 Å². The summed E-state index contributed by atoms with van der Waals surface area (Å²) < 4.78 is 1.86. The van der Waals surface area contributed by atoms with Crippen LogP contribution in [0.15, 0.2) is 12.1 Å². The van der Waals surface area contributed by atoms with Crippen molar-refractivity contribution >= 4 is 5.65 Å². The Kier molecular flexibility index (Phi) is 4.85. The van der Waals surface area contributed by atoms with Crippen molar-refractivity contribution in [2.24, 2.45) is 11.7 Å². The van der Waals surface area contributed by atoms with Crippen LogP contribution in [0.2, 0.25) is 0 Å². The molecule has 0 saturated heterocycles. The molecule has 0 bridgehead atoms. The third-order valence-corrected chi connectivity index (χ3v) is 3.51. The molecule has 2 heterocycles. The van der Waals surface area contributed by atoms with Gasteiger partial charge in [-0.1, -0.05) is 19.8 Å². The molecule has 0 spiro atoms. The van der Waals surface area contributed by atoms with E-state index in [4.69, 9.17) is 5.73 Å². The van der Waals surface area contributed by atoms with Crippen LogP contribution in [0.4, 0.5) is 0 Å². The molecular weight excluding hydrogens is 238 g/mol. The predicted octanol–water partition coefficient (Wildman–Crippen LogP) is 2.13. The van der Waals surface area contributed by atoms with Gasteiger partial charge >= 0.3 is 0 Å². The molecule has 0 aliphatic rings. The molecule has 2 aromatic rings. The Labute approximate surface area is 114 Å². The first-order chi connectivity index (χ1) is 9.24. The van der Waals surface area contributed by atoms with Crippen LogP contribution in [0.3, 0.4) is 0 Å². The van der Waals surface area contributed by atoms with Crippen LogP contribution in [-0.4, -0.2) is 26.4 Å². The Balaban J connectivity index is 2.06. The lowest BCUT2D eigenvalue weighted by Gasteiger charge is -2.13. The lowest BCUT2D eigenvalue weighted by Crippen LogP contribution is -2.11. The van der Waals surface area contributed by atoms with E-state index in [0.29, 0.717) is 5.92 Å². The van der Waals surface area contributed by atoms with Crippen LogP contribution >= 0.6 is 0 Å². The van der Waals surface area contributed by atoms with E-state index in [1.165, 1.54) is 12.8 Å². The normalized spacial score (nSPS) is 13.0. The summed E-state index contributed by atoms with van der Waals surface area (Å²) in [4.78, 5) is 0. The maximum absolute atomic E-state index is 5.67. The summed E-state index contributed by atoms with van der Waals surface area (Å²) in [6, 6.07) is 3.92. The van der Waals surface area contributed by atoms with E-state index >= 15 is 0 Å². The molecule has 104 valence electrons. The number of fused-ring (bicyclic) bond motifs is 1. The summed E-state index contributed by atoms with van der Waals surface area (Å²) in [5.41, 5.74) is 7.49. The number of hydrogen-bond donors (Lipinski definition) is 1. The summed E-state index contributed by atoms with van der Waals surface area (Å²) in [5.74, 6) is 1.64. The highest BCUT2D eigenvalue weighted by Crippen LogP contribution is 2.17. The molecule has 2 rings (SSSR count). The quantitative estimate of drug-likeness (QED) is 0.829. The Hall–Kier alpha value is -1.49. The van der Waals surface area contributed by atoms with Crippen molar-refractivity contribution in [3.63, 3.8) is 0 Å². The molecule has 5 nitrogen and oxygen atoms in total. The van der Waals surface area contributed by atoms with Crippen molar-refractivity contribution < 1.29 is 0 Å². The lowest BCUT2D eigenvalue weighted by molar-refractivity contribution is 0.416. The third-order valence-electron chi connectivity index (χ3n) is 3.51. The monoisotopic (exact) mass is 261 g/mol. The molecule has 0 aliphatic heterocycles. The average Bonchev–Trinajstić information content (AvgIpc) is 2.79. The van der Waals surface area contributed by atoms with Crippen LogP contribution in [0.5, 0.6) is 0 Å². The maximum Gasteiger partial charge on any atom is 0.177 e. The summed E-state index contributed by atoms with van der Waals surface area (Å²) >= 11 is 0. The fourth-order valence-corrected chi connectivity index (χ4v) is 2.49. The van der Waals surface area contributed by atoms with E-state index in [2.05, 4.69) is 22.2 Å². The second-order valence-electron chi connectivity index (χ2n) is 5.13. The van der Waals surface area contributed by atoms with E-state index in [9.17, 15) is 0 Å². The van der Waals surface area contributed by atoms with Gasteiger partial charge in [0.25, 0.3) is 0 Å². The first-order valence-electron chi connectivity index (χ1n) is 7.12. The van der Waals surface area contributed by atoms with E-state index < -0.39 is 0 Å². The smallest absolute Gasteiger partial charge is 0.177 e. The molecular formula is C14H23N5. The third kappa shape index (κ3) is 3.50. The van der Waals surface area contributed by atoms with Crippen LogP contribution in [0.1, 0.15) is 44.1 Å². The molecule has 0 aliphatic carbocycles. The largest absolute Gasteiger partial charge is 0.330 e. The van der Waals surface area contributed by atoms with Crippen molar-refractivity contribution in [3.8, 4) is 0 Å². The predicted molar refractivity (Wildman–Crippen MR) is 75.9 cm³/mol. The molecule has 2 N–H and O–H groups in total. The van der Waals surface area contributed by atoms with Crippen molar-refractivity contribution in [3.05, 3.63) is 23.7 Å². The minimum absolute atomic E-state index is 0.687. The lowest BCUT2D eigenvalue weighted by atomic mass is 9.94. The molecule has 1 atom stereocenters. The minimum atomic E-state index is 0.687. The molecule has 0 fully saturated rings. The molecule has 1 unspecified atom stereocenters. The van der Waals surface area contributed by atoms with Crippen LogP contribution in [-0.2, 0) is 6.42 Å². The Morgan fingerprint density at radius 2 is 2.05 bits per heavy atom. The molecule has 0 radical (unpaired) electrons. The Bertz CT molecular complexity index is 514. The second-order valence-corrected chi connectivity index (χ2v) is 5.13. The molecule has 0 saturated carbocycles. The number of hydrogen-bond acceptors (Lipinski definition) is 4. The fourth-order valence-electron chi connectivity index (χ4n) is 2.49. The molecule has 0 amide bonds. The van der Waals surface area contributed by atoms with Gasteiger partial charge < -0.3 is 5.73 Å². The first kappa shape index (κ1) is 13.9. The number of nitrogens with two attached hydrogens (primary N) is 1. The Morgan fingerprint density at radius 1 is 1.21 bits per heavy atom. The van der Waals surface area contributed by atoms with Gasteiger partial charge in [-0.2, -0.15) is 9.61 Å². The van der Waals surface area contributed by atoms with Gasteiger partial charge in [0.2, 0.25) is 0 Å². The average molecular weight is 261 g/mol. The van der Waals surface area contributed by atoms with Gasteiger partial charge in [-0.15, -0.1) is 10.2 Å². The van der Waals surface area contributed by atoms with Crippen molar-refractivity contribution in [1.29, 1.82) is 0 Å². The van der Waals surface area contributed by atoms with Gasteiger partial charge in [0.05, 0.1) is 5.69 Å². The van der Waals surface area contributed by atoms with Crippen LogP contribution < -0.4 is 5.73 Å². The zero-order valence-electron chi connectivity index (χ0n) is 11.8. The zero-order valence-corrected chi connectivity index (χ0v) is 11.8. The summed E-state index contributed by atoms with van der Waals surface area (Å²) in [6.45, 7) is 4.97. The van der Waals surface area contributed by atoms with Gasteiger partial charge in [-0.25, -0.2) is 0 Å². The molecule has 0 aromatic carbocycles. The number of aromatic nitrogens is 4. The fraction of sp³-hybridized carbons (Fsp3) is 0.643. The van der Waals surface area contributed by atoms with Crippen LogP contribution in [0.25, 0.3) is 5.65 Å². The van der Waals surface area contributed by atoms with Gasteiger partial charge in [-0.05, 0) is 44.4 Å². The second kappa shape index (κ2) is 6.61. The highest BCUT2D eigenvalue weighted by molar-refractivity contribution is 5.35. The van der Waals surface area contributed by atoms with Gasteiger partial charge in [0.15, 0.2) is 11.5 Å². The first-order valence-corrected chi connectivity index (χ1v) is 7.12. The van der Waals surface area contributed by atoms with Crippen molar-refractivity contribution in [2.75, 3.05) is 6.54 Å². The number of aryl methyl sites for hydroxylation is 2. The summed E-state index contributed by atoms with van der Waals surface area (Å²) in [6.07, 6.45) is 5.57. The highest BCUT2D eigenvalue weighted by Gasteiger charge is 2.11. The number of nitrogens with zero attached hydrogens (tertiary/aromatic N) is 4. The van der Waals surface area contributed by atoms with Gasteiger partial charge in [0.1, 0.15) is 0 Å². The molecule has 19 heavy (non-hydrogen) atoms. The number of rotatable bonds is 7. The summed E-state index contributed by atoms with van der Waals surface area (Å²) in [5, 5.41) is 12.9. The van der Waals surface area contributed by atoms with Gasteiger partial charge in [-0.3, -0.25) is 0 Å². The highest BCUT2D eigenvalue weighted by atomic mass is 15.4. The maximum atomic E-state index is 5.67. The summed E-state index contributed by atoms with van der Waals surface area (Å²) in [7, 11) is 0. The standard InChI is InChI=1S/C14H23N5/c1-3-4-12(9-10-15)6-8-14-17-16-13-7-5-11(2)18-19(13)14/h5,7,12H,3-4,6,8-10,15H2,1-2H3. The van der Waals surface area contributed by atoms with E-state index in [1.54, 1.807) is 0 Å².